The molecule has 0 bridgehead atoms. The van der Waals surface area contributed by atoms with Crippen LogP contribution in [0.25, 0.3) is 0 Å². The van der Waals surface area contributed by atoms with Crippen molar-refractivity contribution in [2.24, 2.45) is 0 Å². The van der Waals surface area contributed by atoms with Crippen LogP contribution in [0.2, 0.25) is 0 Å². The lowest BCUT2D eigenvalue weighted by molar-refractivity contribution is 0.122. The molecule has 0 aliphatic carbocycles. The van der Waals surface area contributed by atoms with E-state index in [0.29, 0.717) is 37.9 Å². The molecule has 0 unspecified atom stereocenters. The molecule has 2 aromatic rings. The van der Waals surface area contributed by atoms with E-state index in [4.69, 9.17) is 9.72 Å². The molecule has 1 aromatic carbocycles. The minimum Gasteiger partial charge on any atom is -0.378 e. The molecule has 0 spiro atoms. The predicted molar refractivity (Wildman–Crippen MR) is 121 cm³/mol. The number of nitrogens with zero attached hydrogens (tertiary/aromatic N) is 4. The van der Waals surface area contributed by atoms with Gasteiger partial charge in [0.05, 0.1) is 25.4 Å². The summed E-state index contributed by atoms with van der Waals surface area (Å²) in [5.74, 6) is 1.96. The number of aromatic nitrogens is 2. The summed E-state index contributed by atoms with van der Waals surface area (Å²) in [6, 6.07) is 7.61. The molecule has 2 aliphatic heterocycles. The number of piperidine rings is 1. The van der Waals surface area contributed by atoms with Crippen LogP contribution in [0.15, 0.2) is 24.3 Å². The van der Waals surface area contributed by atoms with Gasteiger partial charge in [0.25, 0.3) is 0 Å². The Balaban J connectivity index is 1.42. The normalized spacial score (nSPS) is 17.9. The first-order valence-electron chi connectivity index (χ1n) is 11.2. The van der Waals surface area contributed by atoms with Gasteiger partial charge in [0.1, 0.15) is 17.5 Å². The molecule has 0 radical (unpaired) electrons. The van der Waals surface area contributed by atoms with Crippen LogP contribution in [0.4, 0.5) is 15.9 Å². The van der Waals surface area contributed by atoms with E-state index in [1.807, 2.05) is 31.1 Å². The zero-order valence-electron chi connectivity index (χ0n) is 18.5. The third-order valence-corrected chi connectivity index (χ3v) is 6.03. The van der Waals surface area contributed by atoms with E-state index < -0.39 is 0 Å². The summed E-state index contributed by atoms with van der Waals surface area (Å²) in [7, 11) is 3.91. The van der Waals surface area contributed by atoms with Crippen molar-refractivity contribution in [3.05, 3.63) is 47.2 Å². The van der Waals surface area contributed by atoms with Gasteiger partial charge in [-0.2, -0.15) is 0 Å². The van der Waals surface area contributed by atoms with Crippen LogP contribution >= 0.6 is 0 Å². The summed E-state index contributed by atoms with van der Waals surface area (Å²) >= 11 is 0. The second-order valence-electron chi connectivity index (χ2n) is 8.43. The van der Waals surface area contributed by atoms with Gasteiger partial charge in [-0.1, -0.05) is 6.07 Å². The van der Waals surface area contributed by atoms with E-state index in [1.54, 1.807) is 6.07 Å². The fourth-order valence-electron chi connectivity index (χ4n) is 4.36. The Morgan fingerprint density at radius 2 is 1.94 bits per heavy atom. The van der Waals surface area contributed by atoms with Gasteiger partial charge in [-0.05, 0) is 50.7 Å². The second-order valence-corrected chi connectivity index (χ2v) is 8.43. The summed E-state index contributed by atoms with van der Waals surface area (Å²) < 4.78 is 20.1. The van der Waals surface area contributed by atoms with Gasteiger partial charge in [0.15, 0.2) is 0 Å². The quantitative estimate of drug-likeness (QED) is 0.703. The molecule has 0 amide bonds. The van der Waals surface area contributed by atoms with E-state index >= 15 is 0 Å². The summed E-state index contributed by atoms with van der Waals surface area (Å²) in [6.45, 7) is 6.07. The molecular formula is C23H33FN6O. The van der Waals surface area contributed by atoms with Crippen LogP contribution in [-0.2, 0) is 17.8 Å². The van der Waals surface area contributed by atoms with Crippen LogP contribution in [0.3, 0.4) is 0 Å². The molecule has 7 nitrogen and oxygen atoms in total. The highest BCUT2D eigenvalue weighted by Gasteiger charge is 2.19. The highest BCUT2D eigenvalue weighted by molar-refractivity contribution is 5.49. The molecule has 0 atom stereocenters. The van der Waals surface area contributed by atoms with Crippen LogP contribution in [0, 0.1) is 5.82 Å². The molecule has 0 saturated carbocycles. The van der Waals surface area contributed by atoms with Gasteiger partial charge in [-0.25, -0.2) is 14.4 Å². The Morgan fingerprint density at radius 3 is 2.65 bits per heavy atom. The van der Waals surface area contributed by atoms with Crippen LogP contribution in [0.1, 0.15) is 35.8 Å². The maximum absolute atomic E-state index is 14.7. The van der Waals surface area contributed by atoms with E-state index in [9.17, 15) is 4.39 Å². The molecule has 8 heteroatoms. The summed E-state index contributed by atoms with van der Waals surface area (Å²) in [6.07, 6.45) is 2.20. The Bertz CT molecular complexity index is 867. The SMILES string of the molecule is CNc1cc(C2CCNCC2)nc(CN(C)Cc2ccc(N3CCOCC3)c(F)c2)n1. The average molecular weight is 429 g/mol. The van der Waals surface area contributed by atoms with Crippen molar-refractivity contribution in [2.45, 2.75) is 31.8 Å². The molecule has 3 heterocycles. The molecule has 2 fully saturated rings. The third kappa shape index (κ3) is 5.70. The molecule has 2 saturated heterocycles. The Labute approximate surface area is 184 Å². The number of benzene rings is 1. The van der Waals surface area contributed by atoms with Crippen molar-refractivity contribution >= 4 is 11.5 Å². The minimum atomic E-state index is -0.172. The number of hydrogen-bond donors (Lipinski definition) is 2. The van der Waals surface area contributed by atoms with E-state index in [-0.39, 0.29) is 5.82 Å². The number of ether oxygens (including phenoxy) is 1. The molecule has 4 rings (SSSR count). The van der Waals surface area contributed by atoms with Crippen molar-refractivity contribution in [1.29, 1.82) is 0 Å². The highest BCUT2D eigenvalue weighted by Crippen LogP contribution is 2.26. The Hall–Kier alpha value is -2.29. The molecule has 2 N–H and O–H groups in total. The number of rotatable bonds is 7. The van der Waals surface area contributed by atoms with Gasteiger partial charge < -0.3 is 20.3 Å². The maximum Gasteiger partial charge on any atom is 0.146 e. The lowest BCUT2D eigenvalue weighted by atomic mass is 9.94. The summed E-state index contributed by atoms with van der Waals surface area (Å²) in [5.41, 5.74) is 2.72. The highest BCUT2D eigenvalue weighted by atomic mass is 19.1. The van der Waals surface area contributed by atoms with E-state index in [1.165, 1.54) is 0 Å². The largest absolute Gasteiger partial charge is 0.378 e. The lowest BCUT2D eigenvalue weighted by Crippen LogP contribution is -2.36. The monoisotopic (exact) mass is 428 g/mol. The zero-order chi connectivity index (χ0) is 21.6. The summed E-state index contributed by atoms with van der Waals surface area (Å²) in [4.78, 5) is 13.7. The Morgan fingerprint density at radius 1 is 1.16 bits per heavy atom. The van der Waals surface area contributed by atoms with Crippen LogP contribution in [-0.4, -0.2) is 68.4 Å². The number of nitrogens with one attached hydrogen (secondary N) is 2. The van der Waals surface area contributed by atoms with E-state index in [2.05, 4.69) is 26.6 Å². The third-order valence-electron chi connectivity index (χ3n) is 6.03. The number of halogens is 1. The average Bonchev–Trinajstić information content (AvgIpc) is 2.80. The first-order chi connectivity index (χ1) is 15.1. The number of morpholine rings is 1. The van der Waals surface area contributed by atoms with Crippen molar-refractivity contribution in [3.63, 3.8) is 0 Å². The van der Waals surface area contributed by atoms with Gasteiger partial charge in [-0.3, -0.25) is 4.90 Å². The van der Waals surface area contributed by atoms with E-state index in [0.717, 1.165) is 61.9 Å². The second kappa shape index (κ2) is 10.3. The lowest BCUT2D eigenvalue weighted by Gasteiger charge is -2.29. The molecule has 168 valence electrons. The first-order valence-corrected chi connectivity index (χ1v) is 11.2. The predicted octanol–water partition coefficient (Wildman–Crippen LogP) is 2.59. The first kappa shape index (κ1) is 21.9. The fourth-order valence-corrected chi connectivity index (χ4v) is 4.36. The van der Waals surface area contributed by atoms with Crippen molar-refractivity contribution in [1.82, 2.24) is 20.2 Å². The molecule has 1 aromatic heterocycles. The van der Waals surface area contributed by atoms with Crippen molar-refractivity contribution < 1.29 is 9.13 Å². The van der Waals surface area contributed by atoms with Gasteiger partial charge in [0.2, 0.25) is 0 Å². The van der Waals surface area contributed by atoms with Gasteiger partial charge in [0, 0.05) is 44.4 Å². The number of hydrogen-bond acceptors (Lipinski definition) is 7. The van der Waals surface area contributed by atoms with Crippen LogP contribution in [0.5, 0.6) is 0 Å². The van der Waals surface area contributed by atoms with Crippen molar-refractivity contribution in [2.75, 3.05) is 63.7 Å². The minimum absolute atomic E-state index is 0.172. The zero-order valence-corrected chi connectivity index (χ0v) is 18.5. The maximum atomic E-state index is 14.7. The number of anilines is 2. The Kier molecular flexibility index (Phi) is 7.32. The summed E-state index contributed by atoms with van der Waals surface area (Å²) in [5, 5.41) is 6.58. The molecule has 31 heavy (non-hydrogen) atoms. The molecule has 2 aliphatic rings. The van der Waals surface area contributed by atoms with Gasteiger partial charge in [-0.15, -0.1) is 0 Å². The van der Waals surface area contributed by atoms with Gasteiger partial charge >= 0.3 is 0 Å². The topological polar surface area (TPSA) is 65.6 Å². The molecular weight excluding hydrogens is 395 g/mol. The smallest absolute Gasteiger partial charge is 0.146 e. The van der Waals surface area contributed by atoms with Crippen LogP contribution < -0.4 is 15.5 Å². The standard InChI is InChI=1S/C23H33FN6O/c1-25-22-14-20(18-5-7-26-8-6-18)27-23(28-22)16-29(2)15-17-3-4-21(19(24)13-17)30-9-11-31-12-10-30/h3-4,13-14,18,26H,5-12,15-16H2,1-2H3,(H,25,27,28). The van der Waals surface area contributed by atoms with Crippen molar-refractivity contribution in [3.8, 4) is 0 Å². The fraction of sp³-hybridized carbons (Fsp3) is 0.565.